The highest BCUT2D eigenvalue weighted by atomic mass is 35.5. The second-order valence-electron chi connectivity index (χ2n) is 8.96. The molecule has 4 heterocycles. The average Bonchev–Trinajstić information content (AvgIpc) is 3.49. The standard InChI is InChI=1S/C26H22ClFN6O2/c27-16-3-7-20(8-4-16)36-14-23(35)33-12-19-11-18(33)13-34(19)25-24-22(31-26(29)32-25)10-9-21(30-24)15-1-5-17(28)6-2-15/h1-10,18-19H,11-14H2,(H2,29,31,32)/t18-,19-/m0/s1. The summed E-state index contributed by atoms with van der Waals surface area (Å²) in [5.74, 6) is 1.06. The molecule has 0 saturated carbocycles. The van der Waals surface area contributed by atoms with Gasteiger partial charge in [-0.15, -0.1) is 0 Å². The van der Waals surface area contributed by atoms with E-state index in [1.54, 1.807) is 36.4 Å². The number of halogens is 2. The fourth-order valence-corrected chi connectivity index (χ4v) is 5.11. The van der Waals surface area contributed by atoms with Gasteiger partial charge < -0.3 is 20.3 Å². The van der Waals surface area contributed by atoms with Crippen LogP contribution in [0.4, 0.5) is 16.2 Å². The molecule has 0 unspecified atom stereocenters. The number of nitrogen functional groups attached to an aromatic ring is 1. The summed E-state index contributed by atoms with van der Waals surface area (Å²) in [5.41, 5.74) is 8.78. The summed E-state index contributed by atoms with van der Waals surface area (Å²) >= 11 is 5.91. The number of carbonyl (C=O) groups excluding carboxylic acids is 1. The van der Waals surface area contributed by atoms with Gasteiger partial charge in [-0.3, -0.25) is 4.79 Å². The van der Waals surface area contributed by atoms with Crippen LogP contribution in [-0.4, -0.2) is 57.5 Å². The predicted octanol–water partition coefficient (Wildman–Crippen LogP) is 3.94. The topological polar surface area (TPSA) is 97.5 Å². The average molecular weight is 505 g/mol. The lowest BCUT2D eigenvalue weighted by molar-refractivity contribution is -0.134. The first-order valence-corrected chi connectivity index (χ1v) is 12.0. The number of ether oxygens (including phenoxy) is 1. The van der Waals surface area contributed by atoms with Crippen LogP contribution in [0.15, 0.2) is 60.7 Å². The molecule has 36 heavy (non-hydrogen) atoms. The third kappa shape index (κ3) is 4.15. The molecule has 2 aliphatic heterocycles. The number of aromatic nitrogens is 3. The number of hydrogen-bond donors (Lipinski definition) is 1. The lowest BCUT2D eigenvalue weighted by Gasteiger charge is -2.35. The van der Waals surface area contributed by atoms with Crippen molar-refractivity contribution in [1.82, 2.24) is 19.9 Å². The lowest BCUT2D eigenvalue weighted by atomic mass is 10.1. The first-order chi connectivity index (χ1) is 17.4. The molecule has 0 spiro atoms. The second kappa shape index (κ2) is 8.91. The van der Waals surface area contributed by atoms with Crippen molar-refractivity contribution in [3.63, 3.8) is 0 Å². The minimum atomic E-state index is -0.304. The number of fused-ring (bicyclic) bond motifs is 3. The Morgan fingerprint density at radius 2 is 1.78 bits per heavy atom. The molecule has 6 rings (SSSR count). The quantitative estimate of drug-likeness (QED) is 0.439. The number of carbonyl (C=O) groups is 1. The Balaban J connectivity index is 1.22. The van der Waals surface area contributed by atoms with Gasteiger partial charge in [0.1, 0.15) is 17.1 Å². The van der Waals surface area contributed by atoms with Gasteiger partial charge in [0.2, 0.25) is 5.95 Å². The van der Waals surface area contributed by atoms with Crippen LogP contribution in [0.5, 0.6) is 5.75 Å². The van der Waals surface area contributed by atoms with Crippen LogP contribution in [0, 0.1) is 5.82 Å². The maximum atomic E-state index is 13.4. The lowest BCUT2D eigenvalue weighted by Crippen LogP contribution is -2.50. The van der Waals surface area contributed by atoms with Gasteiger partial charge in [0.05, 0.1) is 23.3 Å². The Morgan fingerprint density at radius 1 is 1.00 bits per heavy atom. The van der Waals surface area contributed by atoms with Gasteiger partial charge >= 0.3 is 0 Å². The van der Waals surface area contributed by atoms with Crippen LogP contribution in [-0.2, 0) is 4.79 Å². The van der Waals surface area contributed by atoms with Crippen LogP contribution in [0.1, 0.15) is 6.42 Å². The van der Waals surface area contributed by atoms with Gasteiger partial charge in [0.25, 0.3) is 5.91 Å². The van der Waals surface area contributed by atoms with Crippen molar-refractivity contribution in [3.8, 4) is 17.0 Å². The molecule has 2 aromatic carbocycles. The fraction of sp³-hybridized carbons (Fsp3) is 0.231. The number of nitrogens with two attached hydrogens (primary N) is 1. The maximum absolute atomic E-state index is 13.4. The van der Waals surface area contributed by atoms with E-state index in [2.05, 4.69) is 14.9 Å². The molecule has 2 bridgehead atoms. The molecule has 2 fully saturated rings. The molecular weight excluding hydrogens is 483 g/mol. The minimum Gasteiger partial charge on any atom is -0.484 e. The van der Waals surface area contributed by atoms with Gasteiger partial charge in [-0.2, -0.15) is 4.98 Å². The molecule has 0 aliphatic carbocycles. The number of anilines is 2. The summed E-state index contributed by atoms with van der Waals surface area (Å²) in [6.07, 6.45) is 0.829. The highest BCUT2D eigenvalue weighted by Gasteiger charge is 2.46. The van der Waals surface area contributed by atoms with E-state index >= 15 is 0 Å². The zero-order valence-corrected chi connectivity index (χ0v) is 19.9. The zero-order valence-electron chi connectivity index (χ0n) is 19.1. The highest BCUT2D eigenvalue weighted by molar-refractivity contribution is 6.30. The van der Waals surface area contributed by atoms with Crippen molar-refractivity contribution in [2.75, 3.05) is 30.3 Å². The van der Waals surface area contributed by atoms with Crippen molar-refractivity contribution in [2.45, 2.75) is 18.5 Å². The van der Waals surface area contributed by atoms with E-state index in [1.807, 2.05) is 17.0 Å². The Hall–Kier alpha value is -3.98. The molecule has 8 nitrogen and oxygen atoms in total. The molecule has 4 aromatic rings. The van der Waals surface area contributed by atoms with Crippen molar-refractivity contribution >= 4 is 40.3 Å². The summed E-state index contributed by atoms with van der Waals surface area (Å²) < 4.78 is 19.0. The van der Waals surface area contributed by atoms with E-state index in [-0.39, 0.29) is 36.4 Å². The number of likely N-dealkylation sites (tertiary alicyclic amines) is 1. The SMILES string of the molecule is Nc1nc(N2C[C@@H]3C[C@H]2CN3C(=O)COc2ccc(Cl)cc2)c2nc(-c3ccc(F)cc3)ccc2n1. The highest BCUT2D eigenvalue weighted by Crippen LogP contribution is 2.37. The predicted molar refractivity (Wildman–Crippen MR) is 135 cm³/mol. The number of nitrogens with zero attached hydrogens (tertiary/aromatic N) is 5. The summed E-state index contributed by atoms with van der Waals surface area (Å²) in [6.45, 7) is 1.15. The normalized spacial score (nSPS) is 18.7. The summed E-state index contributed by atoms with van der Waals surface area (Å²) in [4.78, 5) is 30.6. The summed E-state index contributed by atoms with van der Waals surface area (Å²) in [5, 5.41) is 0.614. The number of piperazine rings is 1. The van der Waals surface area contributed by atoms with Crippen LogP contribution in [0.3, 0.4) is 0 Å². The first kappa shape index (κ1) is 22.5. The van der Waals surface area contributed by atoms with E-state index in [4.69, 9.17) is 27.1 Å². The van der Waals surface area contributed by atoms with Gasteiger partial charge in [-0.25, -0.2) is 14.4 Å². The van der Waals surface area contributed by atoms with Crippen LogP contribution in [0.2, 0.25) is 5.02 Å². The molecule has 1 amide bonds. The number of benzene rings is 2. The third-order valence-electron chi connectivity index (χ3n) is 6.69. The number of pyridine rings is 1. The Bertz CT molecular complexity index is 1450. The van der Waals surface area contributed by atoms with Crippen LogP contribution < -0.4 is 15.4 Å². The molecule has 182 valence electrons. The zero-order chi connectivity index (χ0) is 24.8. The molecule has 2 aliphatic rings. The second-order valence-corrected chi connectivity index (χ2v) is 9.40. The van der Waals surface area contributed by atoms with Crippen LogP contribution >= 0.6 is 11.6 Å². The fourth-order valence-electron chi connectivity index (χ4n) is 4.99. The van der Waals surface area contributed by atoms with E-state index in [9.17, 15) is 9.18 Å². The number of hydrogen-bond acceptors (Lipinski definition) is 7. The van der Waals surface area contributed by atoms with Gasteiger partial charge in [0, 0.05) is 23.7 Å². The number of amides is 1. The van der Waals surface area contributed by atoms with E-state index < -0.39 is 0 Å². The van der Waals surface area contributed by atoms with Gasteiger partial charge in [-0.1, -0.05) is 11.6 Å². The van der Waals surface area contributed by atoms with Gasteiger partial charge in [0.15, 0.2) is 12.4 Å². The molecule has 2 saturated heterocycles. The largest absolute Gasteiger partial charge is 0.484 e. The molecule has 2 atom stereocenters. The molecule has 0 radical (unpaired) electrons. The summed E-state index contributed by atoms with van der Waals surface area (Å²) in [6, 6.07) is 16.9. The first-order valence-electron chi connectivity index (χ1n) is 11.6. The van der Waals surface area contributed by atoms with Crippen molar-refractivity contribution in [2.24, 2.45) is 0 Å². The van der Waals surface area contributed by atoms with Crippen LogP contribution in [0.25, 0.3) is 22.3 Å². The van der Waals surface area contributed by atoms with Gasteiger partial charge in [-0.05, 0) is 67.1 Å². The Morgan fingerprint density at radius 3 is 2.50 bits per heavy atom. The number of rotatable bonds is 5. The monoisotopic (exact) mass is 504 g/mol. The Labute approximate surface area is 211 Å². The molecule has 10 heteroatoms. The third-order valence-corrected chi connectivity index (χ3v) is 6.94. The molecular formula is C26H22ClFN6O2. The van der Waals surface area contributed by atoms with E-state index in [1.165, 1.54) is 12.1 Å². The Kier molecular flexibility index (Phi) is 5.56. The maximum Gasteiger partial charge on any atom is 0.260 e. The van der Waals surface area contributed by atoms with E-state index in [0.717, 1.165) is 12.0 Å². The van der Waals surface area contributed by atoms with Crippen molar-refractivity contribution in [1.29, 1.82) is 0 Å². The van der Waals surface area contributed by atoms with Crippen molar-refractivity contribution in [3.05, 3.63) is 71.5 Å². The van der Waals surface area contributed by atoms with E-state index in [0.29, 0.717) is 46.4 Å². The minimum absolute atomic E-state index is 0.0309. The van der Waals surface area contributed by atoms with Crippen molar-refractivity contribution < 1.29 is 13.9 Å². The molecule has 2 aromatic heterocycles. The smallest absolute Gasteiger partial charge is 0.260 e. The summed E-state index contributed by atoms with van der Waals surface area (Å²) in [7, 11) is 0. The molecule has 2 N–H and O–H groups in total.